The van der Waals surface area contributed by atoms with Crippen LogP contribution >= 0.6 is 0 Å². The summed E-state index contributed by atoms with van der Waals surface area (Å²) in [4.78, 5) is 12.2. The first-order chi connectivity index (χ1) is 8.70. The van der Waals surface area contributed by atoms with Crippen molar-refractivity contribution in [3.63, 3.8) is 0 Å². The summed E-state index contributed by atoms with van der Waals surface area (Å²) in [5, 5.41) is 17.3. The van der Waals surface area contributed by atoms with Crippen LogP contribution in [0.4, 0.5) is 0 Å². The largest absolute Gasteiger partial charge is 0.388 e. The molecule has 1 rings (SSSR count). The molecule has 0 bridgehead atoms. The third-order valence-corrected chi connectivity index (χ3v) is 4.02. The number of carbonyl (C=O) groups is 1. The van der Waals surface area contributed by atoms with Crippen molar-refractivity contribution in [2.75, 3.05) is 6.54 Å². The molecule has 0 saturated heterocycles. The molecule has 1 heterocycles. The van der Waals surface area contributed by atoms with E-state index in [2.05, 4.69) is 10.4 Å². The summed E-state index contributed by atoms with van der Waals surface area (Å²) in [6, 6.07) is 0. The third kappa shape index (κ3) is 3.35. The molecule has 0 unspecified atom stereocenters. The lowest BCUT2D eigenvalue weighted by atomic mass is 9.88. The Kier molecular flexibility index (Phi) is 4.74. The Bertz CT molecular complexity index is 464. The summed E-state index contributed by atoms with van der Waals surface area (Å²) in [5.74, 6) is -0.0458. The van der Waals surface area contributed by atoms with E-state index in [1.54, 1.807) is 11.6 Å². The molecule has 1 aromatic heterocycles. The molecule has 19 heavy (non-hydrogen) atoms. The SMILES string of the molecule is CC[C@@H](C)[C@](C)(O)CNC(=O)c1c(C)nn(C)c1C. The van der Waals surface area contributed by atoms with Gasteiger partial charge < -0.3 is 10.4 Å². The van der Waals surface area contributed by atoms with Gasteiger partial charge in [0.25, 0.3) is 5.91 Å². The van der Waals surface area contributed by atoms with Gasteiger partial charge in [-0.2, -0.15) is 5.10 Å². The first-order valence-electron chi connectivity index (χ1n) is 6.71. The lowest BCUT2D eigenvalue weighted by Gasteiger charge is -2.29. The average molecular weight is 267 g/mol. The van der Waals surface area contributed by atoms with Crippen molar-refractivity contribution in [3.8, 4) is 0 Å². The maximum absolute atomic E-state index is 12.2. The van der Waals surface area contributed by atoms with Crippen molar-refractivity contribution in [2.24, 2.45) is 13.0 Å². The molecule has 0 aromatic carbocycles. The van der Waals surface area contributed by atoms with Gasteiger partial charge in [0.1, 0.15) is 0 Å². The van der Waals surface area contributed by atoms with Crippen molar-refractivity contribution in [1.29, 1.82) is 0 Å². The van der Waals surface area contributed by atoms with Crippen molar-refractivity contribution in [1.82, 2.24) is 15.1 Å². The van der Waals surface area contributed by atoms with Gasteiger partial charge in [-0.05, 0) is 26.7 Å². The highest BCUT2D eigenvalue weighted by Crippen LogP contribution is 2.19. The minimum Gasteiger partial charge on any atom is -0.388 e. The van der Waals surface area contributed by atoms with Crippen LogP contribution in [0, 0.1) is 19.8 Å². The van der Waals surface area contributed by atoms with Crippen LogP contribution in [0.15, 0.2) is 0 Å². The monoisotopic (exact) mass is 267 g/mol. The van der Waals surface area contributed by atoms with Crippen LogP contribution in [0.25, 0.3) is 0 Å². The summed E-state index contributed by atoms with van der Waals surface area (Å²) in [6.07, 6.45) is 0.869. The zero-order chi connectivity index (χ0) is 14.8. The molecule has 5 nitrogen and oxygen atoms in total. The fourth-order valence-corrected chi connectivity index (χ4v) is 2.06. The molecule has 108 valence electrons. The lowest BCUT2D eigenvalue weighted by molar-refractivity contribution is 0.00591. The second-order valence-electron chi connectivity index (χ2n) is 5.52. The Morgan fingerprint density at radius 1 is 1.53 bits per heavy atom. The smallest absolute Gasteiger partial charge is 0.255 e. The molecule has 0 aliphatic carbocycles. The Labute approximate surface area is 115 Å². The lowest BCUT2D eigenvalue weighted by Crippen LogP contribution is -2.45. The van der Waals surface area contributed by atoms with Gasteiger partial charge in [-0.25, -0.2) is 0 Å². The molecule has 5 heteroatoms. The Morgan fingerprint density at radius 2 is 2.11 bits per heavy atom. The highest BCUT2D eigenvalue weighted by Gasteiger charge is 2.28. The molecule has 0 radical (unpaired) electrons. The van der Waals surface area contributed by atoms with Crippen LogP contribution in [-0.4, -0.2) is 32.9 Å². The van der Waals surface area contributed by atoms with E-state index in [4.69, 9.17) is 0 Å². The number of aliphatic hydroxyl groups is 1. The van der Waals surface area contributed by atoms with Gasteiger partial charge in [0.2, 0.25) is 0 Å². The quantitative estimate of drug-likeness (QED) is 0.851. The van der Waals surface area contributed by atoms with Crippen molar-refractivity contribution >= 4 is 5.91 Å². The highest BCUT2D eigenvalue weighted by atomic mass is 16.3. The predicted octanol–water partition coefficient (Wildman–Crippen LogP) is 1.56. The van der Waals surface area contributed by atoms with Gasteiger partial charge >= 0.3 is 0 Å². The van der Waals surface area contributed by atoms with E-state index in [9.17, 15) is 9.90 Å². The zero-order valence-corrected chi connectivity index (χ0v) is 12.7. The molecule has 0 aliphatic heterocycles. The number of amides is 1. The maximum Gasteiger partial charge on any atom is 0.255 e. The van der Waals surface area contributed by atoms with Crippen LogP contribution in [0.1, 0.15) is 48.9 Å². The molecule has 0 saturated carbocycles. The molecule has 2 atom stereocenters. The number of nitrogens with zero attached hydrogens (tertiary/aromatic N) is 2. The minimum absolute atomic E-state index is 0.129. The van der Waals surface area contributed by atoms with Crippen molar-refractivity contribution < 1.29 is 9.90 Å². The normalized spacial score (nSPS) is 15.9. The predicted molar refractivity (Wildman–Crippen MR) is 75.1 cm³/mol. The van der Waals surface area contributed by atoms with E-state index >= 15 is 0 Å². The Balaban J connectivity index is 2.76. The van der Waals surface area contributed by atoms with Crippen LogP contribution in [0.3, 0.4) is 0 Å². The molecule has 1 amide bonds. The Hall–Kier alpha value is -1.36. The molecule has 0 spiro atoms. The maximum atomic E-state index is 12.2. The summed E-state index contributed by atoms with van der Waals surface area (Å²) >= 11 is 0. The molecule has 0 aliphatic rings. The fraction of sp³-hybridized carbons (Fsp3) is 0.714. The molecule has 0 fully saturated rings. The first kappa shape index (κ1) is 15.7. The number of carbonyl (C=O) groups excluding carboxylic acids is 1. The summed E-state index contributed by atoms with van der Waals surface area (Å²) in [5.41, 5.74) is 1.25. The van der Waals surface area contributed by atoms with Gasteiger partial charge in [-0.15, -0.1) is 0 Å². The second-order valence-corrected chi connectivity index (χ2v) is 5.52. The van der Waals surface area contributed by atoms with Crippen LogP contribution < -0.4 is 5.32 Å². The van der Waals surface area contributed by atoms with Crippen molar-refractivity contribution in [2.45, 2.75) is 46.6 Å². The Morgan fingerprint density at radius 3 is 2.53 bits per heavy atom. The summed E-state index contributed by atoms with van der Waals surface area (Å²) in [7, 11) is 1.81. The fourth-order valence-electron chi connectivity index (χ4n) is 2.06. The first-order valence-corrected chi connectivity index (χ1v) is 6.71. The van der Waals surface area contributed by atoms with Gasteiger partial charge in [0.15, 0.2) is 0 Å². The number of rotatable bonds is 5. The summed E-state index contributed by atoms with van der Waals surface area (Å²) < 4.78 is 1.69. The van der Waals surface area contributed by atoms with Gasteiger partial charge in [0.05, 0.1) is 16.9 Å². The average Bonchev–Trinajstić information content (AvgIpc) is 2.59. The number of hydrogen-bond donors (Lipinski definition) is 2. The highest BCUT2D eigenvalue weighted by molar-refractivity contribution is 5.96. The van der Waals surface area contributed by atoms with E-state index in [1.807, 2.05) is 34.7 Å². The third-order valence-electron chi connectivity index (χ3n) is 4.02. The number of aryl methyl sites for hydroxylation is 2. The van der Waals surface area contributed by atoms with Gasteiger partial charge in [0, 0.05) is 19.3 Å². The van der Waals surface area contributed by atoms with Crippen LogP contribution in [-0.2, 0) is 7.05 Å². The minimum atomic E-state index is -0.894. The van der Waals surface area contributed by atoms with Gasteiger partial charge in [-0.1, -0.05) is 20.3 Å². The molecular formula is C14H25N3O2. The second kappa shape index (κ2) is 5.74. The standard InChI is InChI=1S/C14H25N3O2/c1-7-9(2)14(5,19)8-15-13(18)12-10(3)16-17(6)11(12)4/h9,19H,7-8H2,1-6H3,(H,15,18)/t9-,14-/m1/s1. The number of nitrogens with one attached hydrogen (secondary N) is 1. The van der Waals surface area contributed by atoms with E-state index in [1.165, 1.54) is 0 Å². The number of aromatic nitrogens is 2. The van der Waals surface area contributed by atoms with Gasteiger partial charge in [-0.3, -0.25) is 9.48 Å². The molecule has 2 N–H and O–H groups in total. The van der Waals surface area contributed by atoms with E-state index in [0.717, 1.165) is 12.1 Å². The zero-order valence-electron chi connectivity index (χ0n) is 12.7. The molecular weight excluding hydrogens is 242 g/mol. The molecule has 1 aromatic rings. The van der Waals surface area contributed by atoms with Crippen molar-refractivity contribution in [3.05, 3.63) is 17.0 Å². The van der Waals surface area contributed by atoms with E-state index < -0.39 is 5.60 Å². The summed E-state index contributed by atoms with van der Waals surface area (Å²) in [6.45, 7) is 9.68. The van der Waals surface area contributed by atoms with E-state index in [-0.39, 0.29) is 18.4 Å². The number of hydrogen-bond acceptors (Lipinski definition) is 3. The topological polar surface area (TPSA) is 67.2 Å². The van der Waals surface area contributed by atoms with E-state index in [0.29, 0.717) is 11.3 Å². The van der Waals surface area contributed by atoms with Crippen LogP contribution in [0.2, 0.25) is 0 Å². The van der Waals surface area contributed by atoms with Crippen LogP contribution in [0.5, 0.6) is 0 Å².